The van der Waals surface area contributed by atoms with Crippen LogP contribution in [-0.4, -0.2) is 3.18 Å². The van der Waals surface area contributed by atoms with Crippen molar-refractivity contribution in [2.45, 2.75) is 0 Å². The van der Waals surface area contributed by atoms with Crippen molar-refractivity contribution >= 4 is 50.5 Å². The minimum Gasteiger partial charge on any atom is -0.344 e. The van der Waals surface area contributed by atoms with E-state index >= 15 is 0 Å². The third-order valence-electron chi connectivity index (χ3n) is 0. The molecule has 0 fully saturated rings. The van der Waals surface area contributed by atoms with Crippen LogP contribution in [0.4, 0.5) is 0 Å². The summed E-state index contributed by atoms with van der Waals surface area (Å²) in [7, 11) is 0. The van der Waals surface area contributed by atoms with E-state index in [0.29, 0.717) is 0 Å². The Labute approximate surface area is 56.5 Å². The summed E-state index contributed by atoms with van der Waals surface area (Å²) >= 11 is 9.31. The Bertz CT molecular complexity index is 11.6. The van der Waals surface area contributed by atoms with Gasteiger partial charge in [-0.15, -0.1) is 47.3 Å². The highest BCUT2D eigenvalue weighted by molar-refractivity contribution is 9.69. The highest BCUT2D eigenvalue weighted by Gasteiger charge is 1.87. The molecule has 0 rings (SSSR count). The van der Waals surface area contributed by atoms with E-state index in [1.807, 2.05) is 0 Å². The molecule has 0 aliphatic rings. The zero-order valence-electron chi connectivity index (χ0n) is 2.42. The van der Waals surface area contributed by atoms with E-state index < -0.39 is 0 Å². The van der Waals surface area contributed by atoms with Crippen LogP contribution in [0.1, 0.15) is 0 Å². The van der Waals surface area contributed by atoms with Crippen molar-refractivity contribution in [1.82, 2.24) is 6.15 Å². The Hall–Kier alpha value is 1.46. The summed E-state index contributed by atoms with van der Waals surface area (Å²) in [5, 5.41) is 0. The fraction of sp³-hybridized carbons (Fsp3) is 0. The average molecular weight is 268 g/mol. The molecule has 0 aliphatic heterocycles. The van der Waals surface area contributed by atoms with Crippen molar-refractivity contribution in [2.75, 3.05) is 0 Å². The lowest BCUT2D eigenvalue weighted by Crippen LogP contribution is -1.60. The van der Waals surface area contributed by atoms with Crippen molar-refractivity contribution in [1.29, 1.82) is 0 Å². The molecule has 3 N–H and O–H groups in total. The molecule has 0 bridgehead atoms. The maximum atomic E-state index is 3.10. The molecular weight excluding hydrogens is 265 g/mol. The van der Waals surface area contributed by atoms with Gasteiger partial charge in [0.1, 0.15) is 0 Å². The van der Waals surface area contributed by atoms with Gasteiger partial charge in [0.15, 0.2) is 0 Å². The SMILES string of the molecule is BrB(Br)Br.N. The number of hydrogen-bond donors (Lipinski definition) is 1. The largest absolute Gasteiger partial charge is 0.369 e. The minimum absolute atomic E-state index is 0. The third-order valence-corrected chi connectivity index (χ3v) is 0. The van der Waals surface area contributed by atoms with Crippen LogP contribution in [0.3, 0.4) is 0 Å². The second kappa shape index (κ2) is 5.46. The molecule has 0 spiro atoms. The predicted octanol–water partition coefficient (Wildman–Crippen LogP) is 2.32. The Morgan fingerprint density at radius 3 is 1.00 bits per heavy atom. The molecule has 0 radical (unpaired) electrons. The molecule has 0 atom stereocenters. The lowest BCUT2D eigenvalue weighted by Gasteiger charge is -1.63. The van der Waals surface area contributed by atoms with Crippen LogP contribution in [0.2, 0.25) is 0 Å². The van der Waals surface area contributed by atoms with Gasteiger partial charge in [-0.2, -0.15) is 0 Å². The van der Waals surface area contributed by atoms with Crippen LogP contribution in [-0.2, 0) is 0 Å². The van der Waals surface area contributed by atoms with Crippen LogP contribution in [0, 0.1) is 0 Å². The Morgan fingerprint density at radius 2 is 1.00 bits per heavy atom. The molecule has 0 saturated carbocycles. The average Bonchev–Trinajstić information content (AvgIpc) is 0.811. The smallest absolute Gasteiger partial charge is 0.344 e. The topological polar surface area (TPSA) is 35.0 Å². The first-order chi connectivity index (χ1) is 1.73. The van der Waals surface area contributed by atoms with Gasteiger partial charge in [-0.3, -0.25) is 0 Å². The van der Waals surface area contributed by atoms with Crippen molar-refractivity contribution < 1.29 is 0 Å². The molecule has 0 saturated heterocycles. The summed E-state index contributed by atoms with van der Waals surface area (Å²) in [4.78, 5) is 0. The van der Waals surface area contributed by atoms with E-state index in [4.69, 9.17) is 0 Å². The van der Waals surface area contributed by atoms with Crippen molar-refractivity contribution in [3.05, 3.63) is 0 Å². The van der Waals surface area contributed by atoms with E-state index in [9.17, 15) is 0 Å². The van der Waals surface area contributed by atoms with Gasteiger partial charge in [0.25, 0.3) is 0 Å². The third kappa shape index (κ3) is 30.6. The molecule has 32 valence electrons. The first-order valence-electron chi connectivity index (χ1n) is 0.655. The molecule has 0 aromatic rings. The van der Waals surface area contributed by atoms with Gasteiger partial charge in [-0.25, -0.2) is 0 Å². The summed E-state index contributed by atoms with van der Waals surface area (Å²) in [5.41, 5.74) is 0. The van der Waals surface area contributed by atoms with Gasteiger partial charge in [0.2, 0.25) is 0 Å². The van der Waals surface area contributed by atoms with Crippen LogP contribution in [0.15, 0.2) is 0 Å². The van der Waals surface area contributed by atoms with Crippen molar-refractivity contribution in [2.24, 2.45) is 0 Å². The van der Waals surface area contributed by atoms with E-state index in [2.05, 4.69) is 47.3 Å². The molecule has 5 heavy (non-hydrogen) atoms. The summed E-state index contributed by atoms with van der Waals surface area (Å²) in [6.45, 7) is 0. The standard InChI is InChI=1S/BBr3.H3N/c2-1(3)4;/h;1H3. The summed E-state index contributed by atoms with van der Waals surface area (Å²) in [6.07, 6.45) is 0. The quantitative estimate of drug-likeness (QED) is 0.672. The fourth-order valence-corrected chi connectivity index (χ4v) is 0. The van der Waals surface area contributed by atoms with E-state index in [1.54, 1.807) is 0 Å². The normalized spacial score (nSPS) is 5.40. The van der Waals surface area contributed by atoms with Gasteiger partial charge in [-0.1, -0.05) is 0 Å². The maximum absolute atomic E-state index is 3.10. The molecule has 1 nitrogen and oxygen atoms in total. The van der Waals surface area contributed by atoms with Crippen LogP contribution in [0.5, 0.6) is 0 Å². The van der Waals surface area contributed by atoms with E-state index in [-0.39, 0.29) is 9.34 Å². The van der Waals surface area contributed by atoms with Gasteiger partial charge >= 0.3 is 3.18 Å². The van der Waals surface area contributed by atoms with Gasteiger partial charge in [-0.05, 0) is 0 Å². The lowest BCUT2D eigenvalue weighted by atomic mass is 10.8. The van der Waals surface area contributed by atoms with Crippen molar-refractivity contribution in [3.63, 3.8) is 0 Å². The Kier molecular flexibility index (Phi) is 10.6. The molecule has 0 aromatic carbocycles. The lowest BCUT2D eigenvalue weighted by molar-refractivity contribution is 2.13. The Morgan fingerprint density at radius 1 is 1.00 bits per heavy atom. The first kappa shape index (κ1) is 9.69. The summed E-state index contributed by atoms with van der Waals surface area (Å²) in [6, 6.07) is 0. The molecule has 0 aromatic heterocycles. The highest BCUT2D eigenvalue weighted by atomic mass is 79.9. The number of hydrogen-bond acceptors (Lipinski definition) is 1. The van der Waals surface area contributed by atoms with Gasteiger partial charge in [0, 0.05) is 0 Å². The molecule has 5 heteroatoms. The summed E-state index contributed by atoms with van der Waals surface area (Å²) < 4.78 is 0.271. The Balaban J connectivity index is 0. The van der Waals surface area contributed by atoms with Gasteiger partial charge in [0.05, 0.1) is 0 Å². The fourth-order valence-electron chi connectivity index (χ4n) is 0. The first-order valence-corrected chi connectivity index (χ1v) is 3.40. The molecule has 0 amide bonds. The van der Waals surface area contributed by atoms with Gasteiger partial charge < -0.3 is 6.15 Å². The zero-order chi connectivity index (χ0) is 3.58. The van der Waals surface area contributed by atoms with Crippen molar-refractivity contribution in [3.8, 4) is 0 Å². The van der Waals surface area contributed by atoms with Crippen LogP contribution >= 0.6 is 47.3 Å². The second-order valence-electron chi connectivity index (χ2n) is 0.247. The molecule has 0 heterocycles. The minimum atomic E-state index is 0. The van der Waals surface area contributed by atoms with Crippen LogP contribution in [0.25, 0.3) is 0 Å². The van der Waals surface area contributed by atoms with Crippen LogP contribution < -0.4 is 6.15 Å². The number of halogens is 3. The monoisotopic (exact) mass is 265 g/mol. The molecule has 0 unspecified atom stereocenters. The second-order valence-corrected chi connectivity index (χ2v) is 6.68. The highest BCUT2D eigenvalue weighted by Crippen LogP contribution is 2.07. The number of rotatable bonds is 0. The maximum Gasteiger partial charge on any atom is 0.369 e. The van der Waals surface area contributed by atoms with E-state index in [1.165, 1.54) is 0 Å². The molecular formula is H3BBr3N. The van der Waals surface area contributed by atoms with E-state index in [0.717, 1.165) is 0 Å². The summed E-state index contributed by atoms with van der Waals surface area (Å²) in [5.74, 6) is 0. The zero-order valence-corrected chi connectivity index (χ0v) is 7.18. The predicted molar refractivity (Wildman–Crippen MR) is 37.6 cm³/mol. The molecule has 0 aliphatic carbocycles.